The Morgan fingerprint density at radius 3 is 2.60 bits per heavy atom. The number of benzene rings is 1. The Morgan fingerprint density at radius 2 is 1.96 bits per heavy atom. The van der Waals surface area contributed by atoms with Crippen LogP contribution in [0.4, 0.5) is 0 Å². The van der Waals surface area contributed by atoms with Gasteiger partial charge in [-0.2, -0.15) is 0 Å². The minimum absolute atomic E-state index is 0.235. The van der Waals surface area contributed by atoms with Crippen LogP contribution in [-0.2, 0) is 35.1 Å². The summed E-state index contributed by atoms with van der Waals surface area (Å²) in [6, 6.07) is 9.71. The van der Waals surface area contributed by atoms with Crippen LogP contribution in [0.1, 0.15) is 25.8 Å². The number of carbonyl (C=O) groups is 1. The van der Waals surface area contributed by atoms with Crippen LogP contribution in [0.15, 0.2) is 43.0 Å². The van der Waals surface area contributed by atoms with E-state index < -0.39 is 35.9 Å². The molecule has 0 aromatic heterocycles. The van der Waals surface area contributed by atoms with E-state index in [1.165, 1.54) is 7.11 Å². The van der Waals surface area contributed by atoms with Crippen molar-refractivity contribution in [2.24, 2.45) is 0 Å². The molecule has 2 heterocycles. The molecule has 0 spiro atoms. The molecule has 0 N–H and O–H groups in total. The molecule has 136 valence electrons. The van der Waals surface area contributed by atoms with Crippen molar-refractivity contribution >= 4 is 5.97 Å². The molecule has 25 heavy (non-hydrogen) atoms. The molecule has 0 unspecified atom stereocenters. The standard InChI is InChI=1S/C19H24O6/c1-5-11-19(17(20)21-4)15(22-12-13-9-7-6-8-10-13)14-16(25-19)24-18(2,3)23-14/h5-10,14-16H,1,11-12H2,2-4H3/t14-,15-,16+,19-/m1/s1. The molecule has 2 saturated heterocycles. The molecule has 1 aromatic rings. The van der Waals surface area contributed by atoms with Crippen LogP contribution in [0.3, 0.4) is 0 Å². The zero-order valence-electron chi connectivity index (χ0n) is 14.8. The molecule has 2 aliphatic rings. The number of hydrogen-bond donors (Lipinski definition) is 0. The second-order valence-corrected chi connectivity index (χ2v) is 6.68. The van der Waals surface area contributed by atoms with E-state index in [-0.39, 0.29) is 6.42 Å². The van der Waals surface area contributed by atoms with Crippen LogP contribution in [0.2, 0.25) is 0 Å². The largest absolute Gasteiger partial charge is 0.467 e. The highest BCUT2D eigenvalue weighted by molar-refractivity contribution is 5.81. The Bertz CT molecular complexity index is 628. The van der Waals surface area contributed by atoms with Crippen LogP contribution in [0.5, 0.6) is 0 Å². The first-order valence-electron chi connectivity index (χ1n) is 8.30. The highest BCUT2D eigenvalue weighted by atomic mass is 16.8. The lowest BCUT2D eigenvalue weighted by Crippen LogP contribution is -2.52. The van der Waals surface area contributed by atoms with Crippen LogP contribution >= 0.6 is 0 Å². The van der Waals surface area contributed by atoms with Crippen molar-refractivity contribution in [1.29, 1.82) is 0 Å². The van der Waals surface area contributed by atoms with E-state index >= 15 is 0 Å². The maximum absolute atomic E-state index is 12.6. The molecule has 0 radical (unpaired) electrons. The average Bonchev–Trinajstić information content (AvgIpc) is 3.03. The third-order valence-electron chi connectivity index (χ3n) is 4.42. The average molecular weight is 348 g/mol. The smallest absolute Gasteiger partial charge is 0.341 e. The summed E-state index contributed by atoms with van der Waals surface area (Å²) in [4.78, 5) is 12.6. The summed E-state index contributed by atoms with van der Waals surface area (Å²) in [5, 5.41) is 0. The third kappa shape index (κ3) is 3.35. The fourth-order valence-corrected chi connectivity index (χ4v) is 3.38. The third-order valence-corrected chi connectivity index (χ3v) is 4.42. The SMILES string of the molecule is C=CC[C@@]1(C(=O)OC)O[C@@H]2OC(C)(C)O[C@@H]2[C@H]1OCc1ccccc1. The predicted molar refractivity (Wildman–Crippen MR) is 89.5 cm³/mol. The second-order valence-electron chi connectivity index (χ2n) is 6.68. The van der Waals surface area contributed by atoms with E-state index in [2.05, 4.69) is 6.58 Å². The van der Waals surface area contributed by atoms with Gasteiger partial charge in [0.25, 0.3) is 0 Å². The van der Waals surface area contributed by atoms with Crippen LogP contribution in [-0.4, -0.2) is 43.0 Å². The number of methoxy groups -OCH3 is 1. The highest BCUT2D eigenvalue weighted by Crippen LogP contribution is 2.46. The van der Waals surface area contributed by atoms with Gasteiger partial charge >= 0.3 is 5.97 Å². The first-order chi connectivity index (χ1) is 11.9. The molecule has 2 fully saturated rings. The van der Waals surface area contributed by atoms with Crippen molar-refractivity contribution in [2.45, 2.75) is 56.8 Å². The van der Waals surface area contributed by atoms with Crippen molar-refractivity contribution in [1.82, 2.24) is 0 Å². The summed E-state index contributed by atoms with van der Waals surface area (Å²) in [6.07, 6.45) is -0.0566. The molecule has 6 heteroatoms. The first-order valence-corrected chi connectivity index (χ1v) is 8.30. The van der Waals surface area contributed by atoms with Gasteiger partial charge in [-0.1, -0.05) is 36.4 Å². The van der Waals surface area contributed by atoms with Gasteiger partial charge in [-0.3, -0.25) is 0 Å². The van der Waals surface area contributed by atoms with Crippen LogP contribution < -0.4 is 0 Å². The molecule has 0 bridgehead atoms. The molecule has 0 aliphatic carbocycles. The second kappa shape index (κ2) is 6.88. The number of fused-ring (bicyclic) bond motifs is 1. The Balaban J connectivity index is 1.88. The van der Waals surface area contributed by atoms with Gasteiger partial charge in [-0.25, -0.2) is 4.79 Å². The van der Waals surface area contributed by atoms with Crippen molar-refractivity contribution in [3.8, 4) is 0 Å². The minimum Gasteiger partial charge on any atom is -0.467 e. The molecular formula is C19H24O6. The van der Waals surface area contributed by atoms with Gasteiger partial charge in [0.1, 0.15) is 12.2 Å². The number of rotatable bonds is 6. The molecule has 6 nitrogen and oxygen atoms in total. The number of carbonyl (C=O) groups excluding carboxylic acids is 1. The van der Waals surface area contributed by atoms with Gasteiger partial charge < -0.3 is 23.7 Å². The summed E-state index contributed by atoms with van der Waals surface area (Å²) in [5.74, 6) is -1.33. The van der Waals surface area contributed by atoms with Gasteiger partial charge in [0.05, 0.1) is 13.7 Å². The summed E-state index contributed by atoms with van der Waals surface area (Å²) < 4.78 is 28.8. The van der Waals surface area contributed by atoms with E-state index in [0.717, 1.165) is 5.56 Å². The Labute approximate surface area is 147 Å². The number of ether oxygens (including phenoxy) is 5. The van der Waals surface area contributed by atoms with E-state index in [0.29, 0.717) is 6.61 Å². The van der Waals surface area contributed by atoms with Gasteiger partial charge in [-0.05, 0) is 19.4 Å². The molecule has 1 aromatic carbocycles. The predicted octanol–water partition coefficient (Wildman–Crippen LogP) is 2.57. The molecule has 0 saturated carbocycles. The monoisotopic (exact) mass is 348 g/mol. The highest BCUT2D eigenvalue weighted by Gasteiger charge is 2.66. The Kier molecular flexibility index (Phi) is 4.97. The quantitative estimate of drug-likeness (QED) is 0.582. The molecule has 3 rings (SSSR count). The zero-order chi connectivity index (χ0) is 18.1. The van der Waals surface area contributed by atoms with E-state index in [1.807, 2.05) is 30.3 Å². The zero-order valence-corrected chi connectivity index (χ0v) is 14.8. The normalized spacial score (nSPS) is 33.0. The molecule has 0 amide bonds. The fourth-order valence-electron chi connectivity index (χ4n) is 3.38. The maximum Gasteiger partial charge on any atom is 0.341 e. The van der Waals surface area contributed by atoms with Crippen molar-refractivity contribution in [3.05, 3.63) is 48.6 Å². The number of esters is 1. The first kappa shape index (κ1) is 18.1. The Morgan fingerprint density at radius 1 is 1.24 bits per heavy atom. The summed E-state index contributed by atoms with van der Waals surface area (Å²) >= 11 is 0. The van der Waals surface area contributed by atoms with Gasteiger partial charge in [0, 0.05) is 6.42 Å². The van der Waals surface area contributed by atoms with E-state index in [9.17, 15) is 4.79 Å². The van der Waals surface area contributed by atoms with Crippen LogP contribution in [0, 0.1) is 0 Å². The van der Waals surface area contributed by atoms with Gasteiger partial charge in [0.2, 0.25) is 0 Å². The fraction of sp³-hybridized carbons (Fsp3) is 0.526. The van der Waals surface area contributed by atoms with Crippen molar-refractivity contribution in [2.75, 3.05) is 7.11 Å². The van der Waals surface area contributed by atoms with Gasteiger partial charge in [0.15, 0.2) is 17.7 Å². The minimum atomic E-state index is -1.34. The maximum atomic E-state index is 12.6. The lowest BCUT2D eigenvalue weighted by Gasteiger charge is -2.33. The lowest BCUT2D eigenvalue weighted by molar-refractivity contribution is -0.247. The van der Waals surface area contributed by atoms with Crippen LogP contribution in [0.25, 0.3) is 0 Å². The topological polar surface area (TPSA) is 63.2 Å². The molecule has 2 aliphatic heterocycles. The summed E-state index contributed by atoms with van der Waals surface area (Å²) in [7, 11) is 1.32. The van der Waals surface area contributed by atoms with E-state index in [4.69, 9.17) is 23.7 Å². The summed E-state index contributed by atoms with van der Waals surface area (Å²) in [5.41, 5.74) is -0.349. The van der Waals surface area contributed by atoms with Gasteiger partial charge in [-0.15, -0.1) is 6.58 Å². The Hall–Kier alpha value is -1.73. The van der Waals surface area contributed by atoms with Crippen molar-refractivity contribution < 1.29 is 28.5 Å². The lowest BCUT2D eigenvalue weighted by atomic mass is 9.91. The molecule has 4 atom stereocenters. The molecular weight excluding hydrogens is 324 g/mol. The number of hydrogen-bond acceptors (Lipinski definition) is 6. The van der Waals surface area contributed by atoms with E-state index in [1.54, 1.807) is 19.9 Å². The van der Waals surface area contributed by atoms with Crippen molar-refractivity contribution in [3.63, 3.8) is 0 Å². The summed E-state index contributed by atoms with van der Waals surface area (Å²) in [6.45, 7) is 7.66.